The standard InChI is InChI=1S/C30H25N3O5/c1-17(18-7-5-4-6-8-18)32-25(34)16-38-19-9-11-23-22(15-19)20-13-14-31-27-21-10-12-24(36-2)29(37-3)26(21)30(35)33(23)28(20)27/h4-15,17H,16H2,1-3H3,(H,32,34). The number of amides is 1. The Morgan fingerprint density at radius 2 is 1.79 bits per heavy atom. The van der Waals surface area contributed by atoms with Gasteiger partial charge in [0.2, 0.25) is 0 Å². The number of aromatic nitrogens is 2. The van der Waals surface area contributed by atoms with Gasteiger partial charge in [0.1, 0.15) is 5.75 Å². The largest absolute Gasteiger partial charge is 0.493 e. The monoisotopic (exact) mass is 507 g/mol. The van der Waals surface area contributed by atoms with E-state index in [1.807, 2.05) is 61.5 Å². The number of benzene rings is 3. The van der Waals surface area contributed by atoms with Gasteiger partial charge in [-0.2, -0.15) is 0 Å². The molecular weight excluding hydrogens is 482 g/mol. The van der Waals surface area contributed by atoms with Crippen molar-refractivity contribution in [3.8, 4) is 17.2 Å². The number of nitrogens with zero attached hydrogens (tertiary/aromatic N) is 2. The number of carbonyl (C=O) groups excluding carboxylic acids is 1. The Balaban J connectivity index is 1.40. The molecule has 0 saturated carbocycles. The molecule has 8 heteroatoms. The van der Waals surface area contributed by atoms with Crippen molar-refractivity contribution in [3.63, 3.8) is 0 Å². The zero-order chi connectivity index (χ0) is 26.4. The van der Waals surface area contributed by atoms with Crippen molar-refractivity contribution in [2.45, 2.75) is 13.0 Å². The smallest absolute Gasteiger partial charge is 0.267 e. The molecule has 8 nitrogen and oxygen atoms in total. The number of pyridine rings is 2. The van der Waals surface area contributed by atoms with Gasteiger partial charge in [-0.15, -0.1) is 0 Å². The van der Waals surface area contributed by atoms with Crippen molar-refractivity contribution in [1.29, 1.82) is 0 Å². The van der Waals surface area contributed by atoms with Gasteiger partial charge in [-0.1, -0.05) is 30.3 Å². The minimum absolute atomic E-state index is 0.129. The van der Waals surface area contributed by atoms with E-state index < -0.39 is 0 Å². The summed E-state index contributed by atoms with van der Waals surface area (Å²) in [5.41, 5.74) is 2.91. The number of methoxy groups -OCH3 is 2. The second kappa shape index (κ2) is 9.23. The molecule has 0 aliphatic rings. The van der Waals surface area contributed by atoms with E-state index in [9.17, 15) is 9.59 Å². The summed E-state index contributed by atoms with van der Waals surface area (Å²) in [6, 6.07) is 20.6. The van der Waals surface area contributed by atoms with Gasteiger partial charge in [-0.05, 0) is 48.9 Å². The average Bonchev–Trinajstić information content (AvgIpc) is 3.29. The summed E-state index contributed by atoms with van der Waals surface area (Å²) in [4.78, 5) is 31.0. The lowest BCUT2D eigenvalue weighted by Gasteiger charge is -2.14. The van der Waals surface area contributed by atoms with Gasteiger partial charge in [0.25, 0.3) is 11.5 Å². The highest BCUT2D eigenvalue weighted by Gasteiger charge is 2.22. The van der Waals surface area contributed by atoms with E-state index in [4.69, 9.17) is 14.2 Å². The lowest BCUT2D eigenvalue weighted by molar-refractivity contribution is -0.123. The molecule has 1 amide bonds. The van der Waals surface area contributed by atoms with Crippen molar-refractivity contribution in [2.24, 2.45) is 0 Å². The lowest BCUT2D eigenvalue weighted by Crippen LogP contribution is -2.31. The highest BCUT2D eigenvalue weighted by atomic mass is 16.5. The lowest BCUT2D eigenvalue weighted by atomic mass is 10.1. The number of ether oxygens (including phenoxy) is 3. The number of hydrogen-bond acceptors (Lipinski definition) is 6. The number of nitrogens with one attached hydrogen (secondary N) is 1. The molecule has 0 aliphatic carbocycles. The van der Waals surface area contributed by atoms with E-state index in [0.29, 0.717) is 39.1 Å². The minimum atomic E-state index is -0.223. The maximum atomic E-state index is 13.9. The molecule has 0 fully saturated rings. The van der Waals surface area contributed by atoms with E-state index in [1.165, 1.54) is 14.2 Å². The Kier molecular flexibility index (Phi) is 5.72. The van der Waals surface area contributed by atoms with Crippen LogP contribution in [0, 0.1) is 0 Å². The summed E-state index contributed by atoms with van der Waals surface area (Å²) < 4.78 is 18.5. The Hall–Kier alpha value is -4.85. The molecule has 3 heterocycles. The minimum Gasteiger partial charge on any atom is -0.493 e. The maximum absolute atomic E-state index is 13.9. The second-order valence-corrected chi connectivity index (χ2v) is 9.09. The fraction of sp³-hybridized carbons (Fsp3) is 0.167. The average molecular weight is 508 g/mol. The third-order valence-corrected chi connectivity index (χ3v) is 6.91. The summed E-state index contributed by atoms with van der Waals surface area (Å²) in [7, 11) is 3.06. The van der Waals surface area contributed by atoms with E-state index in [0.717, 1.165) is 21.9 Å². The highest BCUT2D eigenvalue weighted by molar-refractivity contribution is 6.19. The van der Waals surface area contributed by atoms with Crippen LogP contribution < -0.4 is 25.1 Å². The van der Waals surface area contributed by atoms with Gasteiger partial charge in [0.05, 0.1) is 42.2 Å². The molecule has 1 unspecified atom stereocenters. The quantitative estimate of drug-likeness (QED) is 0.310. The summed E-state index contributed by atoms with van der Waals surface area (Å²) >= 11 is 0. The van der Waals surface area contributed by atoms with Gasteiger partial charge < -0.3 is 19.5 Å². The van der Waals surface area contributed by atoms with Crippen LogP contribution in [0.5, 0.6) is 17.2 Å². The molecule has 1 atom stereocenters. The van der Waals surface area contributed by atoms with Crippen LogP contribution in [-0.4, -0.2) is 36.1 Å². The number of rotatable bonds is 7. The molecular formula is C30H25N3O5. The molecule has 0 spiro atoms. The van der Waals surface area contributed by atoms with Crippen molar-refractivity contribution in [1.82, 2.24) is 14.7 Å². The summed E-state index contributed by atoms with van der Waals surface area (Å²) in [6.45, 7) is 1.80. The zero-order valence-electron chi connectivity index (χ0n) is 21.1. The fourth-order valence-electron chi connectivity index (χ4n) is 5.15. The first-order chi connectivity index (χ1) is 18.5. The first kappa shape index (κ1) is 23.5. The molecule has 1 N–H and O–H groups in total. The molecule has 0 saturated heterocycles. The van der Waals surface area contributed by atoms with Gasteiger partial charge >= 0.3 is 0 Å². The molecule has 38 heavy (non-hydrogen) atoms. The zero-order valence-corrected chi connectivity index (χ0v) is 21.1. The van der Waals surface area contributed by atoms with Crippen LogP contribution in [-0.2, 0) is 4.79 Å². The predicted octanol–water partition coefficient (Wildman–Crippen LogP) is 4.87. The van der Waals surface area contributed by atoms with Crippen LogP contribution >= 0.6 is 0 Å². The first-order valence-corrected chi connectivity index (χ1v) is 12.2. The van der Waals surface area contributed by atoms with E-state index in [1.54, 1.807) is 22.7 Å². The van der Waals surface area contributed by atoms with Crippen LogP contribution in [0.4, 0.5) is 0 Å². The van der Waals surface area contributed by atoms with Gasteiger partial charge in [-0.3, -0.25) is 19.0 Å². The summed E-state index contributed by atoms with van der Waals surface area (Å²) in [6.07, 6.45) is 1.73. The number of hydrogen-bond donors (Lipinski definition) is 1. The number of carbonyl (C=O) groups is 1. The van der Waals surface area contributed by atoms with E-state index >= 15 is 0 Å². The van der Waals surface area contributed by atoms with Gasteiger partial charge in [0.15, 0.2) is 18.1 Å². The highest BCUT2D eigenvalue weighted by Crippen LogP contribution is 2.39. The molecule has 190 valence electrons. The van der Waals surface area contributed by atoms with E-state index in [-0.39, 0.29) is 24.1 Å². The molecule has 6 aromatic rings. The Morgan fingerprint density at radius 1 is 0.974 bits per heavy atom. The Bertz CT molecular complexity index is 1880. The molecule has 3 aromatic heterocycles. The van der Waals surface area contributed by atoms with Crippen molar-refractivity contribution >= 4 is 44.0 Å². The van der Waals surface area contributed by atoms with Crippen LogP contribution in [0.25, 0.3) is 38.1 Å². The predicted molar refractivity (Wildman–Crippen MR) is 147 cm³/mol. The fourth-order valence-corrected chi connectivity index (χ4v) is 5.15. The SMILES string of the molecule is COc1ccc2c(c1OC)c(=O)n1c3ccc(OCC(=O)NC(C)c4ccccc4)cc3c3ccnc2c31. The second-order valence-electron chi connectivity index (χ2n) is 9.09. The molecule has 0 aliphatic heterocycles. The van der Waals surface area contributed by atoms with Crippen LogP contribution in [0.3, 0.4) is 0 Å². The molecule has 6 rings (SSSR count). The third-order valence-electron chi connectivity index (χ3n) is 6.91. The first-order valence-electron chi connectivity index (χ1n) is 12.2. The molecule has 0 radical (unpaired) electrons. The van der Waals surface area contributed by atoms with Crippen LogP contribution in [0.2, 0.25) is 0 Å². The van der Waals surface area contributed by atoms with Gasteiger partial charge in [-0.25, -0.2) is 0 Å². The Labute approximate surface area is 217 Å². The van der Waals surface area contributed by atoms with E-state index in [2.05, 4.69) is 10.3 Å². The summed E-state index contributed by atoms with van der Waals surface area (Å²) in [5, 5.41) is 5.74. The van der Waals surface area contributed by atoms with Crippen LogP contribution in [0.1, 0.15) is 18.5 Å². The maximum Gasteiger partial charge on any atom is 0.267 e. The van der Waals surface area contributed by atoms with Gasteiger partial charge in [0, 0.05) is 22.4 Å². The number of fused-ring (bicyclic) bond motifs is 5. The topological polar surface area (TPSA) is 91.2 Å². The normalized spacial score (nSPS) is 12.3. The summed E-state index contributed by atoms with van der Waals surface area (Å²) in [5.74, 6) is 1.15. The van der Waals surface area contributed by atoms with Crippen molar-refractivity contribution in [3.05, 3.63) is 88.8 Å². The van der Waals surface area contributed by atoms with Crippen molar-refractivity contribution in [2.75, 3.05) is 20.8 Å². The van der Waals surface area contributed by atoms with Crippen molar-refractivity contribution < 1.29 is 19.0 Å². The third kappa shape index (κ3) is 3.64. The van der Waals surface area contributed by atoms with Crippen LogP contribution in [0.15, 0.2) is 77.7 Å². The molecule has 3 aromatic carbocycles. The molecule has 0 bridgehead atoms. The Morgan fingerprint density at radius 3 is 2.55 bits per heavy atom.